The molecule has 1 heterocycles. The lowest BCUT2D eigenvalue weighted by molar-refractivity contribution is 0.0924. The van der Waals surface area contributed by atoms with Gasteiger partial charge in [-0.25, -0.2) is 0 Å². The molecule has 0 aliphatic carbocycles. The number of aryl methyl sites for hydroxylation is 1. The predicted octanol–water partition coefficient (Wildman–Crippen LogP) is 0.960. The highest BCUT2D eigenvalue weighted by Crippen LogP contribution is 2.18. The average Bonchev–Trinajstić information content (AvgIpc) is 2.44. The Hall–Kier alpha value is -0.680. The second kappa shape index (κ2) is 4.02. The Labute approximate surface area is 85.2 Å². The molecule has 0 aliphatic heterocycles. The lowest BCUT2D eigenvalue weighted by Gasteiger charge is -2.07. The number of hydrogen-bond acceptors (Lipinski definition) is 3. The van der Waals surface area contributed by atoms with Crippen LogP contribution in [-0.4, -0.2) is 22.1 Å². The normalized spacial score (nSPS) is 12.9. The van der Waals surface area contributed by atoms with Crippen molar-refractivity contribution in [3.8, 4) is 0 Å². The molecule has 72 valence electrons. The zero-order valence-corrected chi connectivity index (χ0v) is 9.21. The van der Waals surface area contributed by atoms with Gasteiger partial charge in [-0.15, -0.1) is 0 Å². The van der Waals surface area contributed by atoms with Gasteiger partial charge < -0.3 is 5.73 Å². The monoisotopic (exact) mass is 245 g/mol. The standard InChI is InChI=1S/C8H12BrN3O/c1-5(3-10)8(13)7-6(9)4-11-12(7)2/h4-5H,3,10H2,1-2H3. The number of carbonyl (C=O) groups excluding carboxylic acids is 1. The number of halogens is 1. The topological polar surface area (TPSA) is 60.9 Å². The molecule has 1 aromatic heterocycles. The SMILES string of the molecule is CC(CN)C(=O)c1c(Br)cnn1C. The molecule has 5 heteroatoms. The van der Waals surface area contributed by atoms with E-state index in [0.29, 0.717) is 12.2 Å². The molecule has 0 fully saturated rings. The van der Waals surface area contributed by atoms with E-state index in [9.17, 15) is 4.79 Å². The van der Waals surface area contributed by atoms with Gasteiger partial charge in [-0.1, -0.05) is 6.92 Å². The van der Waals surface area contributed by atoms with Gasteiger partial charge in [0, 0.05) is 19.5 Å². The molecule has 0 aliphatic rings. The zero-order chi connectivity index (χ0) is 10.0. The molecule has 0 saturated carbocycles. The Balaban J connectivity index is 3.01. The molecule has 0 aromatic carbocycles. The van der Waals surface area contributed by atoms with Crippen molar-refractivity contribution in [2.45, 2.75) is 6.92 Å². The molecule has 1 atom stereocenters. The Morgan fingerprint density at radius 1 is 1.85 bits per heavy atom. The van der Waals surface area contributed by atoms with E-state index in [0.717, 1.165) is 4.47 Å². The lowest BCUT2D eigenvalue weighted by atomic mass is 10.0. The van der Waals surface area contributed by atoms with E-state index in [-0.39, 0.29) is 11.7 Å². The van der Waals surface area contributed by atoms with E-state index >= 15 is 0 Å². The minimum atomic E-state index is -0.160. The molecule has 1 rings (SSSR count). The second-order valence-corrected chi connectivity index (χ2v) is 3.82. The summed E-state index contributed by atoms with van der Waals surface area (Å²) in [5.74, 6) is -0.138. The first-order valence-electron chi connectivity index (χ1n) is 3.99. The van der Waals surface area contributed by atoms with Crippen molar-refractivity contribution < 1.29 is 4.79 Å². The molecule has 2 N–H and O–H groups in total. The molecular weight excluding hydrogens is 234 g/mol. The molecule has 0 amide bonds. The van der Waals surface area contributed by atoms with Gasteiger partial charge in [0.05, 0.1) is 10.7 Å². The van der Waals surface area contributed by atoms with Crippen LogP contribution in [0.1, 0.15) is 17.4 Å². The summed E-state index contributed by atoms with van der Waals surface area (Å²) in [6.07, 6.45) is 1.61. The number of ketones is 1. The van der Waals surface area contributed by atoms with E-state index in [4.69, 9.17) is 5.73 Å². The molecular formula is C8H12BrN3O. The fraction of sp³-hybridized carbons (Fsp3) is 0.500. The van der Waals surface area contributed by atoms with Crippen molar-refractivity contribution in [2.24, 2.45) is 18.7 Å². The van der Waals surface area contributed by atoms with Crippen LogP contribution in [0.15, 0.2) is 10.7 Å². The third kappa shape index (κ3) is 1.97. The minimum absolute atomic E-state index is 0.0226. The van der Waals surface area contributed by atoms with Crippen molar-refractivity contribution in [1.82, 2.24) is 9.78 Å². The van der Waals surface area contributed by atoms with Crippen molar-refractivity contribution in [3.05, 3.63) is 16.4 Å². The molecule has 0 bridgehead atoms. The molecule has 4 nitrogen and oxygen atoms in total. The first kappa shape index (κ1) is 10.4. The maximum Gasteiger partial charge on any atom is 0.186 e. The van der Waals surface area contributed by atoms with Crippen LogP contribution in [-0.2, 0) is 7.05 Å². The largest absolute Gasteiger partial charge is 0.330 e. The average molecular weight is 246 g/mol. The summed E-state index contributed by atoms with van der Waals surface area (Å²) in [6, 6.07) is 0. The van der Waals surface area contributed by atoms with E-state index in [2.05, 4.69) is 21.0 Å². The van der Waals surface area contributed by atoms with Gasteiger partial charge in [0.15, 0.2) is 5.78 Å². The van der Waals surface area contributed by atoms with E-state index in [1.54, 1.807) is 17.9 Å². The number of nitrogens with zero attached hydrogens (tertiary/aromatic N) is 2. The summed E-state index contributed by atoms with van der Waals surface area (Å²) in [7, 11) is 1.74. The number of Topliss-reactive ketones (excluding diaryl/α,β-unsaturated/α-hetero) is 1. The van der Waals surface area contributed by atoms with E-state index in [1.165, 1.54) is 0 Å². The van der Waals surface area contributed by atoms with Crippen LogP contribution in [0.5, 0.6) is 0 Å². The van der Waals surface area contributed by atoms with Gasteiger partial charge in [-0.2, -0.15) is 5.10 Å². The van der Waals surface area contributed by atoms with Gasteiger partial charge in [0.2, 0.25) is 0 Å². The number of nitrogens with two attached hydrogens (primary N) is 1. The minimum Gasteiger partial charge on any atom is -0.330 e. The number of aromatic nitrogens is 2. The summed E-state index contributed by atoms with van der Waals surface area (Å²) >= 11 is 3.27. The quantitative estimate of drug-likeness (QED) is 0.808. The first-order valence-corrected chi connectivity index (χ1v) is 4.79. The number of rotatable bonds is 3. The smallest absolute Gasteiger partial charge is 0.186 e. The summed E-state index contributed by atoms with van der Waals surface area (Å²) in [6.45, 7) is 2.16. The Morgan fingerprint density at radius 2 is 2.46 bits per heavy atom. The van der Waals surface area contributed by atoms with Crippen LogP contribution in [0.3, 0.4) is 0 Å². The Morgan fingerprint density at radius 3 is 2.85 bits per heavy atom. The Bertz CT molecular complexity index is 302. The van der Waals surface area contributed by atoms with Crippen LogP contribution in [0.2, 0.25) is 0 Å². The van der Waals surface area contributed by atoms with Crippen LogP contribution >= 0.6 is 15.9 Å². The van der Waals surface area contributed by atoms with Crippen LogP contribution in [0, 0.1) is 5.92 Å². The maximum absolute atomic E-state index is 11.7. The van der Waals surface area contributed by atoms with E-state index < -0.39 is 0 Å². The number of hydrogen-bond donors (Lipinski definition) is 1. The maximum atomic E-state index is 11.7. The van der Waals surface area contributed by atoms with Crippen LogP contribution in [0.4, 0.5) is 0 Å². The van der Waals surface area contributed by atoms with Crippen molar-refractivity contribution in [1.29, 1.82) is 0 Å². The zero-order valence-electron chi connectivity index (χ0n) is 7.62. The summed E-state index contributed by atoms with van der Waals surface area (Å²) in [5, 5.41) is 3.96. The summed E-state index contributed by atoms with van der Waals surface area (Å²) < 4.78 is 2.28. The van der Waals surface area contributed by atoms with Gasteiger partial charge in [0.1, 0.15) is 5.69 Å². The van der Waals surface area contributed by atoms with Crippen LogP contribution in [0.25, 0.3) is 0 Å². The van der Waals surface area contributed by atoms with Crippen molar-refractivity contribution >= 4 is 21.7 Å². The molecule has 13 heavy (non-hydrogen) atoms. The van der Waals surface area contributed by atoms with Gasteiger partial charge in [0.25, 0.3) is 0 Å². The fourth-order valence-corrected chi connectivity index (χ4v) is 1.57. The summed E-state index contributed by atoms with van der Waals surface area (Å²) in [4.78, 5) is 11.7. The fourth-order valence-electron chi connectivity index (χ4n) is 1.03. The highest BCUT2D eigenvalue weighted by Gasteiger charge is 2.19. The molecule has 0 spiro atoms. The summed E-state index contributed by atoms with van der Waals surface area (Å²) in [5.41, 5.74) is 5.99. The van der Waals surface area contributed by atoms with Gasteiger partial charge in [-0.3, -0.25) is 9.48 Å². The number of carbonyl (C=O) groups is 1. The lowest BCUT2D eigenvalue weighted by Crippen LogP contribution is -2.23. The molecule has 0 radical (unpaired) electrons. The molecule has 0 saturated heterocycles. The van der Waals surface area contributed by atoms with Gasteiger partial charge >= 0.3 is 0 Å². The third-order valence-corrected chi connectivity index (χ3v) is 2.51. The highest BCUT2D eigenvalue weighted by atomic mass is 79.9. The van der Waals surface area contributed by atoms with Crippen molar-refractivity contribution in [2.75, 3.05) is 6.54 Å². The second-order valence-electron chi connectivity index (χ2n) is 2.97. The highest BCUT2D eigenvalue weighted by molar-refractivity contribution is 9.10. The Kier molecular flexibility index (Phi) is 3.22. The first-order chi connectivity index (χ1) is 6.07. The molecule has 1 unspecified atom stereocenters. The molecule has 1 aromatic rings. The predicted molar refractivity (Wildman–Crippen MR) is 53.5 cm³/mol. The van der Waals surface area contributed by atoms with Crippen LogP contribution < -0.4 is 5.73 Å². The van der Waals surface area contributed by atoms with E-state index in [1.807, 2.05) is 6.92 Å². The van der Waals surface area contributed by atoms with Crippen molar-refractivity contribution in [3.63, 3.8) is 0 Å². The van der Waals surface area contributed by atoms with Gasteiger partial charge in [-0.05, 0) is 15.9 Å². The third-order valence-electron chi connectivity index (χ3n) is 1.93.